The molecule has 1 aromatic carbocycles. The molecule has 1 atom stereocenters. The average molecular weight is 293 g/mol. The van der Waals surface area contributed by atoms with Crippen LogP contribution in [0.5, 0.6) is 0 Å². The zero-order valence-corrected chi connectivity index (χ0v) is 11.9. The van der Waals surface area contributed by atoms with Crippen LogP contribution in [0, 0.1) is 0 Å². The molecule has 0 bridgehead atoms. The maximum Gasteiger partial charge on any atom is 0.310 e. The Balaban J connectivity index is 2.10. The first-order valence-electron chi connectivity index (χ1n) is 5.82. The largest absolute Gasteiger partial charge is 0.481 e. The lowest BCUT2D eigenvalue weighted by atomic mass is 10.00. The molecule has 2 nitrogen and oxygen atoms in total. The van der Waals surface area contributed by atoms with E-state index in [0.29, 0.717) is 0 Å². The third-order valence-electron chi connectivity index (χ3n) is 2.84. The summed E-state index contributed by atoms with van der Waals surface area (Å²) in [5.74, 6) is -1.29. The second kappa shape index (κ2) is 6.04. The molecular formula is C15H13ClO2S. The van der Waals surface area contributed by atoms with E-state index in [1.165, 1.54) is 11.3 Å². The third kappa shape index (κ3) is 3.69. The van der Waals surface area contributed by atoms with E-state index < -0.39 is 11.9 Å². The minimum Gasteiger partial charge on any atom is -0.481 e. The van der Waals surface area contributed by atoms with Gasteiger partial charge in [0, 0.05) is 4.88 Å². The second-order valence-electron chi connectivity index (χ2n) is 4.20. The van der Waals surface area contributed by atoms with E-state index in [0.717, 1.165) is 20.3 Å². The molecule has 0 aliphatic carbocycles. The Kier molecular flexibility index (Phi) is 4.40. The van der Waals surface area contributed by atoms with Gasteiger partial charge in [0.2, 0.25) is 0 Å². The van der Waals surface area contributed by atoms with Crippen molar-refractivity contribution in [3.8, 4) is 0 Å². The maximum atomic E-state index is 10.9. The Morgan fingerprint density at radius 1 is 1.21 bits per heavy atom. The van der Waals surface area contributed by atoms with Gasteiger partial charge >= 0.3 is 5.97 Å². The summed E-state index contributed by atoms with van der Waals surface area (Å²) in [7, 11) is 0. The molecule has 1 unspecified atom stereocenters. The number of hydrogen-bond donors (Lipinski definition) is 1. The van der Waals surface area contributed by atoms with E-state index in [1.807, 2.05) is 48.6 Å². The predicted octanol–water partition coefficient (Wildman–Crippen LogP) is 4.76. The van der Waals surface area contributed by atoms with Gasteiger partial charge in [-0.2, -0.15) is 0 Å². The normalized spacial score (nSPS) is 12.7. The fourth-order valence-electron chi connectivity index (χ4n) is 1.63. The van der Waals surface area contributed by atoms with Crippen molar-refractivity contribution in [1.82, 2.24) is 0 Å². The lowest BCUT2D eigenvalue weighted by molar-refractivity contribution is -0.138. The summed E-state index contributed by atoms with van der Waals surface area (Å²) in [5, 5.41) is 8.93. The monoisotopic (exact) mass is 292 g/mol. The van der Waals surface area contributed by atoms with Gasteiger partial charge in [0.15, 0.2) is 0 Å². The highest BCUT2D eigenvalue weighted by atomic mass is 35.5. The van der Waals surface area contributed by atoms with Crippen LogP contribution in [0.4, 0.5) is 0 Å². The Hall–Kier alpha value is -1.58. The van der Waals surface area contributed by atoms with E-state index in [4.69, 9.17) is 16.7 Å². The second-order valence-corrected chi connectivity index (χ2v) is 5.95. The van der Waals surface area contributed by atoms with Crippen LogP contribution >= 0.6 is 22.9 Å². The molecular weight excluding hydrogens is 280 g/mol. The third-order valence-corrected chi connectivity index (χ3v) is 4.04. The Bertz CT molecular complexity index is 599. The van der Waals surface area contributed by atoms with E-state index in [2.05, 4.69) is 0 Å². The van der Waals surface area contributed by atoms with Crippen LogP contribution in [0.25, 0.3) is 12.2 Å². The lowest BCUT2D eigenvalue weighted by Gasteiger charge is -2.06. The number of benzene rings is 1. The maximum absolute atomic E-state index is 10.9. The van der Waals surface area contributed by atoms with Crippen LogP contribution in [-0.4, -0.2) is 11.1 Å². The van der Waals surface area contributed by atoms with Gasteiger partial charge in [-0.1, -0.05) is 41.9 Å². The first-order chi connectivity index (χ1) is 9.06. The molecule has 2 rings (SSSR count). The molecule has 1 N–H and O–H groups in total. The van der Waals surface area contributed by atoms with Gasteiger partial charge in [0.1, 0.15) is 0 Å². The lowest BCUT2D eigenvalue weighted by Crippen LogP contribution is -2.06. The quantitative estimate of drug-likeness (QED) is 0.882. The summed E-state index contributed by atoms with van der Waals surface area (Å²) in [6.45, 7) is 1.68. The molecule has 0 aliphatic rings. The molecule has 0 radical (unpaired) electrons. The highest BCUT2D eigenvalue weighted by Gasteiger charge is 2.12. The zero-order valence-electron chi connectivity index (χ0n) is 10.3. The Labute approximate surface area is 121 Å². The van der Waals surface area contributed by atoms with Crippen LogP contribution in [0.2, 0.25) is 4.34 Å². The number of hydrogen-bond acceptors (Lipinski definition) is 2. The van der Waals surface area contributed by atoms with Crippen molar-refractivity contribution in [3.63, 3.8) is 0 Å². The summed E-state index contributed by atoms with van der Waals surface area (Å²) >= 11 is 7.38. The van der Waals surface area contributed by atoms with Crippen LogP contribution in [0.15, 0.2) is 36.4 Å². The van der Waals surface area contributed by atoms with Crippen LogP contribution in [0.3, 0.4) is 0 Å². The highest BCUT2D eigenvalue weighted by molar-refractivity contribution is 7.17. The first kappa shape index (κ1) is 13.8. The number of carboxylic acids is 1. The summed E-state index contributed by atoms with van der Waals surface area (Å²) in [4.78, 5) is 12.0. The van der Waals surface area contributed by atoms with E-state index in [9.17, 15) is 4.79 Å². The fourth-order valence-corrected chi connectivity index (χ4v) is 2.60. The van der Waals surface area contributed by atoms with Crippen LogP contribution < -0.4 is 0 Å². The number of aliphatic carboxylic acids is 1. The Morgan fingerprint density at radius 3 is 2.42 bits per heavy atom. The number of rotatable bonds is 4. The molecule has 0 spiro atoms. The van der Waals surface area contributed by atoms with E-state index in [1.54, 1.807) is 6.92 Å². The molecule has 4 heteroatoms. The number of carbonyl (C=O) groups is 1. The molecule has 19 heavy (non-hydrogen) atoms. The fraction of sp³-hybridized carbons (Fsp3) is 0.133. The van der Waals surface area contributed by atoms with Gasteiger partial charge in [0.05, 0.1) is 10.3 Å². The number of thiophene rings is 1. The summed E-state index contributed by atoms with van der Waals surface area (Å²) in [6, 6.07) is 11.4. The topological polar surface area (TPSA) is 37.3 Å². The number of carboxylic acid groups (broad SMARTS) is 1. The van der Waals surface area contributed by atoms with Crippen molar-refractivity contribution in [1.29, 1.82) is 0 Å². The Morgan fingerprint density at radius 2 is 1.89 bits per heavy atom. The molecule has 0 fully saturated rings. The predicted molar refractivity (Wildman–Crippen MR) is 80.7 cm³/mol. The molecule has 2 aromatic rings. The SMILES string of the molecule is CC(C(=O)O)c1ccc(C=Cc2ccc(Cl)s2)cc1. The van der Waals surface area contributed by atoms with Crippen molar-refractivity contribution in [2.45, 2.75) is 12.8 Å². The van der Waals surface area contributed by atoms with Crippen molar-refractivity contribution in [3.05, 3.63) is 56.7 Å². The minimum absolute atomic E-state index is 0.478. The molecule has 0 aliphatic heterocycles. The van der Waals surface area contributed by atoms with Gasteiger partial charge in [-0.3, -0.25) is 4.79 Å². The molecule has 0 saturated carbocycles. The van der Waals surface area contributed by atoms with Gasteiger partial charge < -0.3 is 5.11 Å². The minimum atomic E-state index is -0.809. The summed E-state index contributed by atoms with van der Waals surface area (Å²) < 4.78 is 0.769. The standard InChI is InChI=1S/C15H13ClO2S/c1-10(15(17)18)12-5-2-11(3-6-12)4-7-13-8-9-14(16)19-13/h2-10H,1H3,(H,17,18). The van der Waals surface area contributed by atoms with Crippen molar-refractivity contribution in [2.75, 3.05) is 0 Å². The average Bonchev–Trinajstić information content (AvgIpc) is 2.82. The van der Waals surface area contributed by atoms with Gasteiger partial charge in [0.25, 0.3) is 0 Å². The summed E-state index contributed by atoms with van der Waals surface area (Å²) in [5.41, 5.74) is 1.84. The van der Waals surface area contributed by atoms with E-state index in [-0.39, 0.29) is 0 Å². The van der Waals surface area contributed by atoms with Crippen molar-refractivity contribution in [2.24, 2.45) is 0 Å². The van der Waals surface area contributed by atoms with Crippen LogP contribution in [0.1, 0.15) is 28.8 Å². The van der Waals surface area contributed by atoms with Gasteiger partial charge in [-0.05, 0) is 36.3 Å². The molecule has 0 amide bonds. The van der Waals surface area contributed by atoms with Crippen molar-refractivity contribution >= 4 is 41.1 Å². The van der Waals surface area contributed by atoms with Crippen molar-refractivity contribution < 1.29 is 9.90 Å². The first-order valence-corrected chi connectivity index (χ1v) is 7.02. The zero-order chi connectivity index (χ0) is 13.8. The highest BCUT2D eigenvalue weighted by Crippen LogP contribution is 2.23. The van der Waals surface area contributed by atoms with Crippen LogP contribution in [-0.2, 0) is 4.79 Å². The number of halogens is 1. The van der Waals surface area contributed by atoms with Gasteiger partial charge in [-0.25, -0.2) is 0 Å². The smallest absolute Gasteiger partial charge is 0.310 e. The molecule has 1 heterocycles. The molecule has 0 saturated heterocycles. The van der Waals surface area contributed by atoms with E-state index >= 15 is 0 Å². The summed E-state index contributed by atoms with van der Waals surface area (Å²) in [6.07, 6.45) is 3.98. The molecule has 98 valence electrons. The van der Waals surface area contributed by atoms with Gasteiger partial charge in [-0.15, -0.1) is 11.3 Å². The molecule has 1 aromatic heterocycles.